The van der Waals surface area contributed by atoms with E-state index in [0.29, 0.717) is 6.54 Å². The highest BCUT2D eigenvalue weighted by atomic mass is 16.5. The highest BCUT2D eigenvalue weighted by Gasteiger charge is 2.32. The number of hydrogen-bond donors (Lipinski definition) is 2. The molecule has 0 bridgehead atoms. The molecule has 1 aromatic rings. The number of likely N-dealkylation sites (N-methyl/N-ethyl adjacent to an activating group) is 1. The lowest BCUT2D eigenvalue weighted by Crippen LogP contribution is -2.53. The Hall–Kier alpha value is -1.50. The Morgan fingerprint density at radius 1 is 1.55 bits per heavy atom. The Balaban J connectivity index is 1.79. The van der Waals surface area contributed by atoms with Crippen LogP contribution < -0.4 is 5.32 Å². The number of aliphatic hydroxyl groups is 1. The zero-order valence-corrected chi connectivity index (χ0v) is 13.2. The molecule has 0 radical (unpaired) electrons. The van der Waals surface area contributed by atoms with Gasteiger partial charge in [-0.3, -0.25) is 14.7 Å². The summed E-state index contributed by atoms with van der Waals surface area (Å²) in [7, 11) is 3.49. The van der Waals surface area contributed by atoms with Crippen molar-refractivity contribution in [2.75, 3.05) is 20.7 Å². The van der Waals surface area contributed by atoms with Crippen molar-refractivity contribution in [2.45, 2.75) is 44.1 Å². The number of carbonyl (C=O) groups is 1. The second-order valence-electron chi connectivity index (χ2n) is 5.90. The predicted octanol–water partition coefficient (Wildman–Crippen LogP) is 0.558. The molecule has 0 spiro atoms. The van der Waals surface area contributed by atoms with E-state index in [1.165, 1.54) is 0 Å². The Kier molecular flexibility index (Phi) is 6.30. The maximum Gasteiger partial charge on any atom is 0.234 e. The molecule has 0 unspecified atom stereocenters. The van der Waals surface area contributed by atoms with Gasteiger partial charge in [-0.15, -0.1) is 0 Å². The van der Waals surface area contributed by atoms with Crippen molar-refractivity contribution in [3.8, 4) is 0 Å². The first kappa shape index (κ1) is 16.9. The van der Waals surface area contributed by atoms with E-state index in [-0.39, 0.29) is 24.6 Å². The van der Waals surface area contributed by atoms with Gasteiger partial charge in [-0.2, -0.15) is 0 Å². The maximum absolute atomic E-state index is 12.1. The van der Waals surface area contributed by atoms with Crippen molar-refractivity contribution in [3.05, 3.63) is 30.1 Å². The lowest BCUT2D eigenvalue weighted by atomic mass is 9.90. The SMILES string of the molecule is CO[C@@H]1CCC[C@@H](NC(=O)CN(C)Cc2cccnc2)[C@H]1O. The number of amides is 1. The van der Waals surface area contributed by atoms with Crippen LogP contribution in [0.25, 0.3) is 0 Å². The van der Waals surface area contributed by atoms with Gasteiger partial charge >= 0.3 is 0 Å². The number of methoxy groups -OCH3 is 1. The highest BCUT2D eigenvalue weighted by molar-refractivity contribution is 5.78. The Bertz CT molecular complexity index is 469. The molecular weight excluding hydrogens is 282 g/mol. The van der Waals surface area contributed by atoms with Crippen LogP contribution >= 0.6 is 0 Å². The summed E-state index contributed by atoms with van der Waals surface area (Å²) in [6.07, 6.45) is 5.28. The van der Waals surface area contributed by atoms with E-state index in [1.54, 1.807) is 19.5 Å². The average Bonchev–Trinajstić information content (AvgIpc) is 2.50. The van der Waals surface area contributed by atoms with Gasteiger partial charge in [0.05, 0.1) is 18.7 Å². The molecule has 1 amide bonds. The number of aliphatic hydroxyl groups excluding tert-OH is 1. The molecule has 3 atom stereocenters. The molecule has 22 heavy (non-hydrogen) atoms. The number of hydrogen-bond acceptors (Lipinski definition) is 5. The molecule has 2 rings (SSSR count). The van der Waals surface area contributed by atoms with Gasteiger partial charge in [0.2, 0.25) is 5.91 Å². The van der Waals surface area contributed by atoms with E-state index < -0.39 is 6.10 Å². The standard InChI is InChI=1S/C16H25N3O3/c1-19(10-12-5-4-8-17-9-12)11-15(20)18-13-6-3-7-14(22-2)16(13)21/h4-5,8-9,13-14,16,21H,3,6-7,10-11H2,1-2H3,(H,18,20)/t13-,14-,16-/m1/s1. The first-order valence-electron chi connectivity index (χ1n) is 7.68. The molecule has 2 N–H and O–H groups in total. The van der Waals surface area contributed by atoms with E-state index in [4.69, 9.17) is 4.74 Å². The predicted molar refractivity (Wildman–Crippen MR) is 83.2 cm³/mol. The van der Waals surface area contributed by atoms with Crippen molar-refractivity contribution < 1.29 is 14.6 Å². The number of nitrogens with zero attached hydrogens (tertiary/aromatic N) is 2. The molecule has 0 aromatic carbocycles. The molecule has 0 aliphatic heterocycles. The zero-order valence-electron chi connectivity index (χ0n) is 13.2. The van der Waals surface area contributed by atoms with Gasteiger partial charge in [-0.05, 0) is 37.9 Å². The van der Waals surface area contributed by atoms with Crippen molar-refractivity contribution >= 4 is 5.91 Å². The fourth-order valence-corrected chi connectivity index (χ4v) is 2.91. The minimum absolute atomic E-state index is 0.0767. The zero-order chi connectivity index (χ0) is 15.9. The van der Waals surface area contributed by atoms with Gasteiger partial charge in [-0.25, -0.2) is 0 Å². The third-order valence-electron chi connectivity index (χ3n) is 4.03. The molecule has 1 saturated carbocycles. The minimum atomic E-state index is -0.633. The maximum atomic E-state index is 12.1. The fraction of sp³-hybridized carbons (Fsp3) is 0.625. The largest absolute Gasteiger partial charge is 0.388 e. The molecule has 0 saturated heterocycles. The van der Waals surface area contributed by atoms with Crippen LogP contribution in [0.4, 0.5) is 0 Å². The first-order valence-corrected chi connectivity index (χ1v) is 7.68. The Labute approximate surface area is 131 Å². The fourth-order valence-electron chi connectivity index (χ4n) is 2.91. The summed E-state index contributed by atoms with van der Waals surface area (Å²) in [6, 6.07) is 3.64. The lowest BCUT2D eigenvalue weighted by Gasteiger charge is -2.34. The van der Waals surface area contributed by atoms with Crippen LogP contribution in [0.3, 0.4) is 0 Å². The number of carbonyl (C=O) groups excluding carboxylic acids is 1. The third-order valence-corrected chi connectivity index (χ3v) is 4.03. The number of nitrogens with one attached hydrogen (secondary N) is 1. The van der Waals surface area contributed by atoms with Crippen molar-refractivity contribution in [1.29, 1.82) is 0 Å². The summed E-state index contributed by atoms with van der Waals surface area (Å²) in [6.45, 7) is 0.949. The Morgan fingerprint density at radius 3 is 3.05 bits per heavy atom. The van der Waals surface area contributed by atoms with Gasteiger partial charge in [-0.1, -0.05) is 6.07 Å². The number of aromatic nitrogens is 1. The third kappa shape index (κ3) is 4.76. The van der Waals surface area contributed by atoms with Crippen LogP contribution in [0.2, 0.25) is 0 Å². The summed E-state index contributed by atoms with van der Waals surface area (Å²) >= 11 is 0. The van der Waals surface area contributed by atoms with Crippen LogP contribution in [0, 0.1) is 0 Å². The first-order chi connectivity index (χ1) is 10.6. The second kappa shape index (κ2) is 8.22. The monoisotopic (exact) mass is 307 g/mol. The highest BCUT2D eigenvalue weighted by Crippen LogP contribution is 2.21. The molecular formula is C16H25N3O3. The normalized spacial score (nSPS) is 25.2. The van der Waals surface area contributed by atoms with Crippen molar-refractivity contribution in [3.63, 3.8) is 0 Å². The van der Waals surface area contributed by atoms with Crippen LogP contribution in [-0.2, 0) is 16.1 Å². The second-order valence-corrected chi connectivity index (χ2v) is 5.90. The summed E-state index contributed by atoms with van der Waals surface area (Å²) in [5, 5.41) is 13.1. The van der Waals surface area contributed by atoms with Gasteiger partial charge in [0.15, 0.2) is 0 Å². The Morgan fingerprint density at radius 2 is 2.36 bits per heavy atom. The lowest BCUT2D eigenvalue weighted by molar-refractivity contribution is -0.125. The quantitative estimate of drug-likeness (QED) is 0.803. The average molecular weight is 307 g/mol. The molecule has 1 heterocycles. The van der Waals surface area contributed by atoms with Crippen molar-refractivity contribution in [2.24, 2.45) is 0 Å². The van der Waals surface area contributed by atoms with Gasteiger partial charge < -0.3 is 15.2 Å². The van der Waals surface area contributed by atoms with Gasteiger partial charge in [0.1, 0.15) is 6.10 Å². The van der Waals surface area contributed by atoms with Crippen LogP contribution in [0.5, 0.6) is 0 Å². The molecule has 122 valence electrons. The minimum Gasteiger partial charge on any atom is -0.388 e. The van der Waals surface area contributed by atoms with Crippen LogP contribution in [0.1, 0.15) is 24.8 Å². The summed E-state index contributed by atoms with van der Waals surface area (Å²) in [4.78, 5) is 18.1. The summed E-state index contributed by atoms with van der Waals surface area (Å²) < 4.78 is 5.26. The molecule has 6 heteroatoms. The van der Waals surface area contributed by atoms with E-state index in [0.717, 1.165) is 24.8 Å². The molecule has 1 aromatic heterocycles. The molecule has 1 aliphatic carbocycles. The van der Waals surface area contributed by atoms with E-state index in [9.17, 15) is 9.90 Å². The van der Waals surface area contributed by atoms with E-state index in [2.05, 4.69) is 10.3 Å². The van der Waals surface area contributed by atoms with Crippen LogP contribution in [0.15, 0.2) is 24.5 Å². The molecule has 1 aliphatic rings. The molecule has 6 nitrogen and oxygen atoms in total. The number of ether oxygens (including phenoxy) is 1. The van der Waals surface area contributed by atoms with Crippen molar-refractivity contribution in [1.82, 2.24) is 15.2 Å². The summed E-state index contributed by atoms with van der Waals surface area (Å²) in [5.41, 5.74) is 1.06. The van der Waals surface area contributed by atoms with E-state index >= 15 is 0 Å². The van der Waals surface area contributed by atoms with Gasteiger partial charge in [0.25, 0.3) is 0 Å². The van der Waals surface area contributed by atoms with Gasteiger partial charge in [0, 0.05) is 26.0 Å². The summed E-state index contributed by atoms with van der Waals surface area (Å²) in [5.74, 6) is -0.0767. The van der Waals surface area contributed by atoms with Crippen LogP contribution in [-0.4, -0.2) is 59.8 Å². The van der Waals surface area contributed by atoms with E-state index in [1.807, 2.05) is 24.1 Å². The number of pyridine rings is 1. The number of rotatable bonds is 6. The topological polar surface area (TPSA) is 74.7 Å². The smallest absolute Gasteiger partial charge is 0.234 e. The molecule has 1 fully saturated rings.